The van der Waals surface area contributed by atoms with E-state index < -0.39 is 179 Å². The summed E-state index contributed by atoms with van der Waals surface area (Å²) in [6, 6.07) is -6.21. The molecule has 1 unspecified atom stereocenters. The zero-order chi connectivity index (χ0) is 82.1. The minimum absolute atomic E-state index is 0.0158. The Bertz CT molecular complexity index is 3520. The number of alkyl halides is 3. The first kappa shape index (κ1) is 90.1. The number of likely N-dealkylation sites (tertiary alicyclic amines) is 2. The van der Waals surface area contributed by atoms with E-state index in [4.69, 9.17) is 16.3 Å². The number of carbonyl (C=O) groups excluding carboxylic acids is 13. The average molecular weight is 1580 g/mol. The molecule has 6 fully saturated rings. The summed E-state index contributed by atoms with van der Waals surface area (Å²) in [5.41, 5.74) is -2.69. The molecule has 31 heteroatoms. The molecule has 13 amide bonds. The van der Waals surface area contributed by atoms with Gasteiger partial charge in [-0.1, -0.05) is 115 Å². The van der Waals surface area contributed by atoms with Crippen LogP contribution in [0.1, 0.15) is 207 Å². The first-order valence-corrected chi connectivity index (χ1v) is 40.3. The van der Waals surface area contributed by atoms with Crippen LogP contribution in [0.5, 0.6) is 0 Å². The number of hydrogen-bond donors (Lipinski definition) is 3. The third-order valence-corrected chi connectivity index (χ3v) is 23.4. The van der Waals surface area contributed by atoms with Crippen molar-refractivity contribution in [2.24, 2.45) is 17.8 Å². The lowest BCUT2D eigenvalue weighted by molar-refractivity contribution is -0.157. The zero-order valence-corrected chi connectivity index (χ0v) is 68.7. The van der Waals surface area contributed by atoms with Crippen LogP contribution in [0.3, 0.4) is 0 Å². The summed E-state index contributed by atoms with van der Waals surface area (Å²) >= 11 is 6.23. The van der Waals surface area contributed by atoms with E-state index in [1.165, 1.54) is 86.9 Å². The largest absolute Gasteiger partial charge is 0.444 e. The summed E-state index contributed by atoms with van der Waals surface area (Å²) in [6.07, 6.45) is 6.65. The summed E-state index contributed by atoms with van der Waals surface area (Å²) in [6.45, 7) is 9.85. The summed E-state index contributed by atoms with van der Waals surface area (Å²) in [4.78, 5) is 208. The number of piperidine rings is 1. The molecule has 0 aromatic heterocycles. The normalized spacial score (nSPS) is 25.4. The van der Waals surface area contributed by atoms with Crippen molar-refractivity contribution in [3.63, 3.8) is 0 Å². The van der Waals surface area contributed by atoms with Gasteiger partial charge < -0.3 is 69.7 Å². The molecule has 1 aromatic carbocycles. The number of nitrogens with zero attached hydrogens (tertiary/aromatic N) is 10. The Balaban J connectivity index is 1.34. The van der Waals surface area contributed by atoms with Gasteiger partial charge in [-0.05, 0) is 145 Å². The predicted octanol–water partition coefficient (Wildman–Crippen LogP) is 7.58. The molecule has 3 aliphatic heterocycles. The molecule has 1 spiro atoms. The lowest BCUT2D eigenvalue weighted by Gasteiger charge is -2.43. The van der Waals surface area contributed by atoms with Crippen LogP contribution in [0.2, 0.25) is 5.02 Å². The van der Waals surface area contributed by atoms with Crippen LogP contribution in [0.4, 0.5) is 18.0 Å². The van der Waals surface area contributed by atoms with Gasteiger partial charge in [0.25, 0.3) is 0 Å². The van der Waals surface area contributed by atoms with Gasteiger partial charge >= 0.3 is 12.3 Å². The molecular weight excluding hydrogens is 1460 g/mol. The van der Waals surface area contributed by atoms with E-state index in [9.17, 15) is 41.9 Å². The number of likely N-dealkylation sites (N-methyl/N-ethyl adjacent to an activating group) is 8. The highest BCUT2D eigenvalue weighted by Gasteiger charge is 2.51. The van der Waals surface area contributed by atoms with Crippen molar-refractivity contribution in [3.8, 4) is 0 Å². The van der Waals surface area contributed by atoms with E-state index in [-0.39, 0.29) is 81.9 Å². The molecule has 7 atom stereocenters. The quantitative estimate of drug-likeness (QED) is 0.160. The third kappa shape index (κ3) is 24.2. The Hall–Kier alpha value is -8.05. The second kappa shape index (κ2) is 40.1. The molecule has 3 heterocycles. The Morgan fingerprint density at radius 1 is 0.604 bits per heavy atom. The van der Waals surface area contributed by atoms with Crippen LogP contribution in [0, 0.1) is 17.8 Å². The number of ether oxygens (including phenoxy) is 1. The van der Waals surface area contributed by atoms with Gasteiger partial charge in [-0.25, -0.2) is 4.79 Å². The number of aryl methyl sites for hydroxylation is 1. The van der Waals surface area contributed by atoms with Gasteiger partial charge in [-0.15, -0.1) is 0 Å². The van der Waals surface area contributed by atoms with Crippen molar-refractivity contribution in [1.82, 2.24) is 64.9 Å². The van der Waals surface area contributed by atoms with Crippen LogP contribution in [-0.4, -0.2) is 282 Å². The smallest absolute Gasteiger partial charge is 0.417 e. The molecule has 0 radical (unpaired) electrons. The summed E-state index contributed by atoms with van der Waals surface area (Å²) < 4.78 is 47.8. The second-order valence-electron chi connectivity index (χ2n) is 33.4. The van der Waals surface area contributed by atoms with Gasteiger partial charge in [-0.2, -0.15) is 13.2 Å². The van der Waals surface area contributed by atoms with Crippen molar-refractivity contribution in [3.05, 3.63) is 46.0 Å². The topological polar surface area (TPSA) is 300 Å². The molecule has 3 saturated carbocycles. The molecule has 7 rings (SSSR count). The average Bonchev–Trinajstić information content (AvgIpc) is 1.64. The fourth-order valence-electron chi connectivity index (χ4n) is 16.4. The number of nitrogens with one attached hydrogen (secondary N) is 3. The Morgan fingerprint density at radius 3 is 1.77 bits per heavy atom. The molecule has 0 bridgehead atoms. The predicted molar refractivity (Wildman–Crippen MR) is 411 cm³/mol. The van der Waals surface area contributed by atoms with Crippen LogP contribution in [-0.2, 0) is 74.9 Å². The molecule has 620 valence electrons. The lowest BCUT2D eigenvalue weighted by atomic mass is 9.81. The zero-order valence-electron chi connectivity index (χ0n) is 67.9. The number of amides is 13. The maximum atomic E-state index is 16.1. The minimum Gasteiger partial charge on any atom is -0.444 e. The summed E-state index contributed by atoms with van der Waals surface area (Å²) in [5.74, 6) is -8.94. The number of halogens is 4. The molecule has 27 nitrogen and oxygen atoms in total. The minimum atomic E-state index is -4.80. The SMILES string of the molecule is CCCC1NC(=O)[C@H](CC(C)C)N(C)C(=O)C[C@@H](C(=O)N2CCCCC2)N(C)C(=O)[C@H](C2CCCCC2)N(C)C(=O)C2(CCCC2)NC(=O)[C@H](CC=C2CN(C(=O)OC(C)(C)C)C2)N(C)C(=O)[C@@H](CCc2ccc(C(F)(F)F)c(Cl)c2)NC(=O)CN(C)C(=O)[C@H](CC2CCCCC2)N(C)C(=O)CN(C)C(=O)CN(C)C1=O. The molecule has 1 aromatic rings. The molecule has 111 heavy (non-hydrogen) atoms. The maximum Gasteiger partial charge on any atom is 0.417 e. The number of hydrogen-bond acceptors (Lipinski definition) is 14. The van der Waals surface area contributed by atoms with Gasteiger partial charge in [0.05, 0.1) is 36.6 Å². The fourth-order valence-corrected chi connectivity index (χ4v) is 16.7. The number of benzene rings is 1. The molecular formula is C80H123ClF3N13O14. The van der Waals surface area contributed by atoms with Gasteiger partial charge in [0, 0.05) is 82.6 Å². The number of carbonyl (C=O) groups is 13. The summed E-state index contributed by atoms with van der Waals surface area (Å²) in [7, 11) is 11.2. The van der Waals surface area contributed by atoms with Gasteiger partial charge in [0.15, 0.2) is 0 Å². The van der Waals surface area contributed by atoms with E-state index in [1.54, 1.807) is 31.7 Å². The van der Waals surface area contributed by atoms with Crippen LogP contribution >= 0.6 is 11.6 Å². The highest BCUT2D eigenvalue weighted by Crippen LogP contribution is 2.39. The highest BCUT2D eigenvalue weighted by atomic mass is 35.5. The lowest BCUT2D eigenvalue weighted by Crippen LogP contribution is -2.65. The van der Waals surface area contributed by atoms with Crippen molar-refractivity contribution < 1.29 is 80.2 Å². The van der Waals surface area contributed by atoms with Gasteiger partial charge in [-0.3, -0.25) is 57.5 Å². The van der Waals surface area contributed by atoms with Gasteiger partial charge in [0.2, 0.25) is 70.9 Å². The van der Waals surface area contributed by atoms with Crippen molar-refractivity contribution in [2.45, 2.75) is 262 Å². The fraction of sp³-hybridized carbons (Fsp3) is 0.738. The van der Waals surface area contributed by atoms with Crippen LogP contribution < -0.4 is 16.0 Å². The van der Waals surface area contributed by atoms with Crippen LogP contribution in [0.15, 0.2) is 29.8 Å². The van der Waals surface area contributed by atoms with Crippen molar-refractivity contribution in [2.75, 3.05) is 102 Å². The highest BCUT2D eigenvalue weighted by molar-refractivity contribution is 6.31. The Kier molecular flexibility index (Phi) is 32.6. The first-order chi connectivity index (χ1) is 52.2. The monoisotopic (exact) mass is 1580 g/mol. The molecule has 6 aliphatic rings. The third-order valence-electron chi connectivity index (χ3n) is 23.1. The summed E-state index contributed by atoms with van der Waals surface area (Å²) in [5, 5.41) is 8.10. The van der Waals surface area contributed by atoms with E-state index >= 15 is 33.6 Å². The first-order valence-electron chi connectivity index (χ1n) is 39.9. The second-order valence-corrected chi connectivity index (χ2v) is 33.8. The molecule has 3 N–H and O–H groups in total. The van der Waals surface area contributed by atoms with Crippen LogP contribution in [0.25, 0.3) is 0 Å². The molecule has 3 aliphatic carbocycles. The van der Waals surface area contributed by atoms with E-state index in [0.29, 0.717) is 76.5 Å². The van der Waals surface area contributed by atoms with E-state index in [2.05, 4.69) is 16.0 Å². The Labute approximate surface area is 658 Å². The molecule has 3 saturated heterocycles. The van der Waals surface area contributed by atoms with Gasteiger partial charge in [0.1, 0.15) is 53.4 Å². The maximum absolute atomic E-state index is 16.1. The van der Waals surface area contributed by atoms with Crippen molar-refractivity contribution in [1.29, 1.82) is 0 Å². The van der Waals surface area contributed by atoms with E-state index in [0.717, 1.165) is 76.7 Å². The Morgan fingerprint density at radius 2 is 1.18 bits per heavy atom. The number of rotatable bonds is 13. The van der Waals surface area contributed by atoms with Crippen molar-refractivity contribution >= 4 is 88.6 Å². The van der Waals surface area contributed by atoms with E-state index in [1.807, 2.05) is 20.8 Å². The standard InChI is InChI=1S/C80H123ClF3N13O14/c1-15-27-58-71(104)90(9)49-66(100)88(7)50-67(101)92(11)62(44-52-28-19-16-20-29-52)73(106)89(8)48-64(98)85-59(36-33-53-32-35-56(57(81)43-53)80(82,83)84)72(105)93(12)60(37-34-54-46-97(47-54)77(110)111-78(4,5)6)70(103)87-79(38-23-24-39-79)76(109)95(14)68(55-30-21-17-22-31-55)75(108)94(13)63(74(107)96-40-25-18-26-41-96)45-65(99)91(10)61(42-51(2)3)69(102)86-58/h32,34-35,43,51-52,55,58-63,68H,15-31,33,36-42,44-50H2,1-14H3,(H,85,98)(H,86,102)(H,87,103)/t58?,59-,60+,61+,62+,63+,68+/m1/s1.